The fourth-order valence-electron chi connectivity index (χ4n) is 2.97. The van der Waals surface area contributed by atoms with Gasteiger partial charge in [-0.25, -0.2) is 5.48 Å². The molecule has 0 fully saturated rings. The molecule has 3 aromatic rings. The van der Waals surface area contributed by atoms with Gasteiger partial charge in [0.2, 0.25) is 5.91 Å². The van der Waals surface area contributed by atoms with Gasteiger partial charge in [0.15, 0.2) is 0 Å². The Morgan fingerprint density at radius 2 is 1.48 bits per heavy atom. The van der Waals surface area contributed by atoms with Crippen molar-refractivity contribution in [2.45, 2.75) is 6.04 Å². The highest BCUT2D eigenvalue weighted by Gasteiger charge is 2.19. The standard InChI is InChI=1S/C23H24N6O4/c24-13-20(23(32)29-33)28-22(31)17-3-1-15(2-4-17)16-5-7-19(8-6-16)27-21(30)14-26-18-9-11-25-12-10-18/h1-12,20,33H,13-14,24H2,(H,25,26)(H,27,30)(H,28,31)(H,29,32)/t20-/m0/s1. The number of aromatic nitrogens is 1. The van der Waals surface area contributed by atoms with E-state index in [1.165, 1.54) is 5.48 Å². The van der Waals surface area contributed by atoms with Crippen molar-refractivity contribution in [3.8, 4) is 11.1 Å². The summed E-state index contributed by atoms with van der Waals surface area (Å²) in [6.45, 7) is -0.0286. The van der Waals surface area contributed by atoms with Gasteiger partial charge in [-0.05, 0) is 47.5 Å². The molecule has 0 saturated carbocycles. The second-order valence-electron chi connectivity index (χ2n) is 7.03. The molecule has 0 aliphatic rings. The molecule has 0 aliphatic heterocycles. The highest BCUT2D eigenvalue weighted by atomic mass is 16.5. The minimum Gasteiger partial charge on any atom is -0.376 e. The van der Waals surface area contributed by atoms with Crippen molar-refractivity contribution in [1.82, 2.24) is 15.8 Å². The minimum absolute atomic E-state index is 0.125. The zero-order valence-electron chi connectivity index (χ0n) is 17.6. The summed E-state index contributed by atoms with van der Waals surface area (Å²) in [5, 5.41) is 17.0. The van der Waals surface area contributed by atoms with Crippen LogP contribution in [0.5, 0.6) is 0 Å². The zero-order valence-corrected chi connectivity index (χ0v) is 17.6. The van der Waals surface area contributed by atoms with E-state index in [4.69, 9.17) is 10.9 Å². The molecule has 10 heteroatoms. The van der Waals surface area contributed by atoms with Crippen LogP contribution in [0.15, 0.2) is 73.1 Å². The van der Waals surface area contributed by atoms with Crippen LogP contribution in [0.2, 0.25) is 0 Å². The predicted molar refractivity (Wildman–Crippen MR) is 123 cm³/mol. The van der Waals surface area contributed by atoms with Crippen LogP contribution in [-0.2, 0) is 9.59 Å². The molecule has 1 heterocycles. The van der Waals surface area contributed by atoms with E-state index in [0.29, 0.717) is 11.3 Å². The number of hydroxylamine groups is 1. The predicted octanol–water partition coefficient (Wildman–Crippen LogP) is 1.36. The molecule has 1 aromatic heterocycles. The van der Waals surface area contributed by atoms with Crippen molar-refractivity contribution in [3.05, 3.63) is 78.6 Å². The van der Waals surface area contributed by atoms with E-state index in [0.717, 1.165) is 16.8 Å². The number of nitrogens with one attached hydrogen (secondary N) is 4. The van der Waals surface area contributed by atoms with E-state index in [-0.39, 0.29) is 19.0 Å². The number of rotatable bonds is 9. The molecule has 170 valence electrons. The van der Waals surface area contributed by atoms with Crippen LogP contribution >= 0.6 is 0 Å². The van der Waals surface area contributed by atoms with Gasteiger partial charge in [-0.2, -0.15) is 0 Å². The third kappa shape index (κ3) is 6.60. The Kier molecular flexibility index (Phi) is 8.06. The number of pyridine rings is 1. The highest BCUT2D eigenvalue weighted by Crippen LogP contribution is 2.22. The molecule has 0 spiro atoms. The average Bonchev–Trinajstić information content (AvgIpc) is 2.86. The molecule has 3 amide bonds. The van der Waals surface area contributed by atoms with Crippen LogP contribution in [0.1, 0.15) is 10.4 Å². The van der Waals surface area contributed by atoms with Gasteiger partial charge in [0, 0.05) is 35.9 Å². The molecule has 0 aliphatic carbocycles. The van der Waals surface area contributed by atoms with Crippen LogP contribution in [0.4, 0.5) is 11.4 Å². The molecule has 0 unspecified atom stereocenters. The number of benzene rings is 2. The van der Waals surface area contributed by atoms with Crippen LogP contribution in [0.25, 0.3) is 11.1 Å². The molecule has 10 nitrogen and oxygen atoms in total. The molecule has 2 aromatic carbocycles. The molecule has 33 heavy (non-hydrogen) atoms. The average molecular weight is 448 g/mol. The molecular formula is C23H24N6O4. The second kappa shape index (κ2) is 11.4. The topological polar surface area (TPSA) is 158 Å². The third-order valence-electron chi connectivity index (χ3n) is 4.75. The number of amides is 3. The first-order valence-corrected chi connectivity index (χ1v) is 10.1. The number of hydrogen-bond acceptors (Lipinski definition) is 7. The Morgan fingerprint density at radius 3 is 2.06 bits per heavy atom. The lowest BCUT2D eigenvalue weighted by Crippen LogP contribution is -2.50. The van der Waals surface area contributed by atoms with Crippen molar-refractivity contribution >= 4 is 29.1 Å². The van der Waals surface area contributed by atoms with Gasteiger partial charge in [-0.1, -0.05) is 24.3 Å². The maximum Gasteiger partial charge on any atom is 0.267 e. The van der Waals surface area contributed by atoms with Gasteiger partial charge in [-0.3, -0.25) is 24.6 Å². The van der Waals surface area contributed by atoms with Crippen molar-refractivity contribution in [1.29, 1.82) is 0 Å². The SMILES string of the molecule is NC[C@H](NC(=O)c1ccc(-c2ccc(NC(=O)CNc3ccncc3)cc2)cc1)C(=O)NO. The van der Waals surface area contributed by atoms with E-state index >= 15 is 0 Å². The van der Waals surface area contributed by atoms with Crippen molar-refractivity contribution in [3.63, 3.8) is 0 Å². The smallest absolute Gasteiger partial charge is 0.267 e. The Morgan fingerprint density at radius 1 is 0.879 bits per heavy atom. The first-order valence-electron chi connectivity index (χ1n) is 10.1. The number of carbonyl (C=O) groups excluding carboxylic acids is 3. The van der Waals surface area contributed by atoms with Crippen molar-refractivity contribution in [2.75, 3.05) is 23.7 Å². The summed E-state index contributed by atoms with van der Waals surface area (Å²) in [6, 6.07) is 16.6. The minimum atomic E-state index is -1.04. The van der Waals surface area contributed by atoms with E-state index in [1.807, 2.05) is 12.1 Å². The first kappa shape index (κ1) is 23.4. The third-order valence-corrected chi connectivity index (χ3v) is 4.75. The van der Waals surface area contributed by atoms with E-state index in [1.54, 1.807) is 60.9 Å². The summed E-state index contributed by atoms with van der Waals surface area (Å²) < 4.78 is 0. The summed E-state index contributed by atoms with van der Waals surface area (Å²) in [5.74, 6) is -1.46. The molecule has 3 rings (SSSR count). The maximum absolute atomic E-state index is 12.3. The summed E-state index contributed by atoms with van der Waals surface area (Å²) in [6.07, 6.45) is 3.29. The van der Waals surface area contributed by atoms with E-state index < -0.39 is 17.9 Å². The number of anilines is 2. The summed E-state index contributed by atoms with van der Waals surface area (Å²) in [7, 11) is 0. The van der Waals surface area contributed by atoms with Crippen LogP contribution in [0.3, 0.4) is 0 Å². The summed E-state index contributed by atoms with van der Waals surface area (Å²) in [4.78, 5) is 39.8. The van der Waals surface area contributed by atoms with E-state index in [2.05, 4.69) is 20.9 Å². The molecule has 7 N–H and O–H groups in total. The Labute approximate surface area is 190 Å². The van der Waals surface area contributed by atoms with Crippen LogP contribution in [0, 0.1) is 0 Å². The van der Waals surface area contributed by atoms with Gasteiger partial charge in [0.05, 0.1) is 6.54 Å². The van der Waals surface area contributed by atoms with Crippen molar-refractivity contribution in [2.24, 2.45) is 5.73 Å². The first-order chi connectivity index (χ1) is 16.0. The second-order valence-corrected chi connectivity index (χ2v) is 7.03. The van der Waals surface area contributed by atoms with Gasteiger partial charge >= 0.3 is 0 Å². The fraction of sp³-hybridized carbons (Fsp3) is 0.130. The van der Waals surface area contributed by atoms with Gasteiger partial charge in [0.1, 0.15) is 6.04 Å². The van der Waals surface area contributed by atoms with Gasteiger partial charge in [0.25, 0.3) is 11.8 Å². The monoisotopic (exact) mass is 448 g/mol. The number of nitrogens with two attached hydrogens (primary N) is 1. The summed E-state index contributed by atoms with van der Waals surface area (Å²) in [5.41, 5.74) is 10.5. The van der Waals surface area contributed by atoms with Gasteiger partial charge in [-0.15, -0.1) is 0 Å². The number of nitrogens with zero attached hydrogens (tertiary/aromatic N) is 1. The Bertz CT molecular complexity index is 1090. The maximum atomic E-state index is 12.3. The fourth-order valence-corrected chi connectivity index (χ4v) is 2.97. The van der Waals surface area contributed by atoms with E-state index in [9.17, 15) is 14.4 Å². The summed E-state index contributed by atoms with van der Waals surface area (Å²) >= 11 is 0. The van der Waals surface area contributed by atoms with Crippen LogP contribution in [-0.4, -0.2) is 47.0 Å². The Hall–Kier alpha value is -4.28. The Balaban J connectivity index is 1.56. The molecule has 0 bridgehead atoms. The zero-order chi connectivity index (χ0) is 23.6. The lowest BCUT2D eigenvalue weighted by molar-refractivity contribution is -0.130. The highest BCUT2D eigenvalue weighted by molar-refractivity contribution is 5.98. The number of hydrogen-bond donors (Lipinski definition) is 6. The van der Waals surface area contributed by atoms with Crippen molar-refractivity contribution < 1.29 is 19.6 Å². The molecule has 1 atom stereocenters. The quantitative estimate of drug-likeness (QED) is 0.213. The lowest BCUT2D eigenvalue weighted by atomic mass is 10.0. The molecule has 0 saturated heterocycles. The molecular weight excluding hydrogens is 424 g/mol. The lowest BCUT2D eigenvalue weighted by Gasteiger charge is -2.14. The van der Waals surface area contributed by atoms with Gasteiger partial charge < -0.3 is 21.7 Å². The van der Waals surface area contributed by atoms with Crippen LogP contribution < -0.4 is 27.2 Å². The number of carbonyl (C=O) groups is 3. The largest absolute Gasteiger partial charge is 0.376 e. The normalized spacial score (nSPS) is 11.2. The molecule has 0 radical (unpaired) electrons.